The number of rotatable bonds is 5. The van der Waals surface area contributed by atoms with Gasteiger partial charge in [-0.3, -0.25) is 4.79 Å². The molecule has 118 valence electrons. The van der Waals surface area contributed by atoms with Gasteiger partial charge < -0.3 is 10.2 Å². The van der Waals surface area contributed by atoms with E-state index in [-0.39, 0.29) is 12.4 Å². The first-order chi connectivity index (χ1) is 9.75. The Morgan fingerprint density at radius 1 is 1.48 bits per heavy atom. The molecular weight excluding hydrogens is 304 g/mol. The minimum atomic E-state index is 0. The SMILES string of the molecule is CCN(CCc1cccs1)C(=O)C1CC12CCNCC2.Cl. The molecule has 2 fully saturated rings. The molecule has 1 aliphatic carbocycles. The Hall–Kier alpha value is -0.580. The summed E-state index contributed by atoms with van der Waals surface area (Å²) in [6, 6.07) is 4.25. The summed E-state index contributed by atoms with van der Waals surface area (Å²) in [4.78, 5) is 16.1. The number of likely N-dealkylation sites (N-methyl/N-ethyl adjacent to an activating group) is 1. The van der Waals surface area contributed by atoms with Crippen LogP contribution in [-0.4, -0.2) is 37.0 Å². The number of halogens is 1. The van der Waals surface area contributed by atoms with Gasteiger partial charge in [0.2, 0.25) is 5.91 Å². The largest absolute Gasteiger partial charge is 0.342 e. The lowest BCUT2D eigenvalue weighted by molar-refractivity contribution is -0.133. The van der Waals surface area contributed by atoms with Crippen LogP contribution in [0.3, 0.4) is 0 Å². The Labute approximate surface area is 137 Å². The maximum absolute atomic E-state index is 12.7. The summed E-state index contributed by atoms with van der Waals surface area (Å²) < 4.78 is 0. The third-order valence-corrected chi connectivity index (χ3v) is 5.92. The lowest BCUT2D eigenvalue weighted by atomic mass is 9.91. The van der Waals surface area contributed by atoms with Gasteiger partial charge in [0.15, 0.2) is 0 Å². The first kappa shape index (κ1) is 16.8. The molecule has 1 N–H and O–H groups in total. The van der Waals surface area contributed by atoms with Crippen molar-refractivity contribution in [1.82, 2.24) is 10.2 Å². The van der Waals surface area contributed by atoms with Crippen molar-refractivity contribution in [2.75, 3.05) is 26.2 Å². The first-order valence-electron chi connectivity index (χ1n) is 7.77. The lowest BCUT2D eigenvalue weighted by Gasteiger charge is -2.26. The molecule has 1 unspecified atom stereocenters. The van der Waals surface area contributed by atoms with Gasteiger partial charge in [0, 0.05) is 23.9 Å². The Morgan fingerprint density at radius 2 is 2.24 bits per heavy atom. The van der Waals surface area contributed by atoms with Crippen LogP contribution in [0.15, 0.2) is 17.5 Å². The average molecular weight is 329 g/mol. The topological polar surface area (TPSA) is 32.3 Å². The molecule has 1 amide bonds. The smallest absolute Gasteiger partial charge is 0.226 e. The monoisotopic (exact) mass is 328 g/mol. The minimum absolute atomic E-state index is 0. The van der Waals surface area contributed by atoms with E-state index in [0.29, 0.717) is 17.2 Å². The quantitative estimate of drug-likeness (QED) is 0.901. The van der Waals surface area contributed by atoms with Gasteiger partial charge in [-0.25, -0.2) is 0 Å². The van der Waals surface area contributed by atoms with Crippen molar-refractivity contribution in [3.8, 4) is 0 Å². The molecule has 1 aromatic heterocycles. The third-order valence-electron chi connectivity index (χ3n) is 4.99. The van der Waals surface area contributed by atoms with Gasteiger partial charge in [-0.15, -0.1) is 23.7 Å². The van der Waals surface area contributed by atoms with Gasteiger partial charge in [-0.05, 0) is 62.6 Å². The van der Waals surface area contributed by atoms with E-state index in [4.69, 9.17) is 0 Å². The summed E-state index contributed by atoms with van der Waals surface area (Å²) in [6.45, 7) is 6.00. The van der Waals surface area contributed by atoms with Crippen molar-refractivity contribution in [2.24, 2.45) is 11.3 Å². The molecule has 5 heteroatoms. The Morgan fingerprint density at radius 3 is 2.86 bits per heavy atom. The highest BCUT2D eigenvalue weighted by atomic mass is 35.5. The van der Waals surface area contributed by atoms with E-state index >= 15 is 0 Å². The van der Waals surface area contributed by atoms with Crippen molar-refractivity contribution < 1.29 is 4.79 Å². The zero-order chi connectivity index (χ0) is 14.0. The van der Waals surface area contributed by atoms with Crippen LogP contribution in [-0.2, 0) is 11.2 Å². The molecule has 1 spiro atoms. The number of amides is 1. The summed E-state index contributed by atoms with van der Waals surface area (Å²) >= 11 is 1.79. The zero-order valence-corrected chi connectivity index (χ0v) is 14.3. The predicted octanol–water partition coefficient (Wildman–Crippen LogP) is 2.95. The first-order valence-corrected chi connectivity index (χ1v) is 8.65. The van der Waals surface area contributed by atoms with E-state index in [1.54, 1.807) is 11.3 Å². The summed E-state index contributed by atoms with van der Waals surface area (Å²) in [5.74, 6) is 0.721. The van der Waals surface area contributed by atoms with Gasteiger partial charge >= 0.3 is 0 Å². The molecule has 21 heavy (non-hydrogen) atoms. The predicted molar refractivity (Wildman–Crippen MR) is 90.2 cm³/mol. The van der Waals surface area contributed by atoms with Crippen molar-refractivity contribution >= 4 is 29.7 Å². The van der Waals surface area contributed by atoms with Crippen molar-refractivity contribution in [2.45, 2.75) is 32.6 Å². The fourth-order valence-corrected chi connectivity index (χ4v) is 4.22. The van der Waals surface area contributed by atoms with E-state index in [0.717, 1.165) is 39.0 Å². The minimum Gasteiger partial charge on any atom is -0.342 e. The average Bonchev–Trinajstić information content (AvgIpc) is 2.92. The maximum atomic E-state index is 12.7. The lowest BCUT2D eigenvalue weighted by Crippen LogP contribution is -2.37. The molecule has 2 heterocycles. The molecule has 3 nitrogen and oxygen atoms in total. The molecule has 3 rings (SSSR count). The number of piperidine rings is 1. The van der Waals surface area contributed by atoms with Gasteiger partial charge in [0.05, 0.1) is 0 Å². The molecular formula is C16H25ClN2OS. The number of thiophene rings is 1. The maximum Gasteiger partial charge on any atom is 0.226 e. The molecule has 0 radical (unpaired) electrons. The van der Waals surface area contributed by atoms with Crippen LogP contribution in [0.4, 0.5) is 0 Å². The van der Waals surface area contributed by atoms with Crippen LogP contribution in [0.25, 0.3) is 0 Å². The number of carbonyl (C=O) groups is 1. The molecule has 2 aliphatic rings. The second-order valence-corrected chi connectivity index (χ2v) is 7.15. The highest BCUT2D eigenvalue weighted by Crippen LogP contribution is 2.59. The van der Waals surface area contributed by atoms with Gasteiger partial charge in [-0.1, -0.05) is 6.07 Å². The van der Waals surface area contributed by atoms with Crippen molar-refractivity contribution in [3.05, 3.63) is 22.4 Å². The third kappa shape index (κ3) is 3.61. The van der Waals surface area contributed by atoms with Gasteiger partial charge in [0.25, 0.3) is 0 Å². The number of hydrogen-bond acceptors (Lipinski definition) is 3. The fraction of sp³-hybridized carbons (Fsp3) is 0.688. The van der Waals surface area contributed by atoms with Crippen LogP contribution in [0.1, 0.15) is 31.1 Å². The van der Waals surface area contributed by atoms with Crippen molar-refractivity contribution in [3.63, 3.8) is 0 Å². The van der Waals surface area contributed by atoms with Crippen LogP contribution in [0.2, 0.25) is 0 Å². The highest BCUT2D eigenvalue weighted by Gasteiger charge is 2.58. The van der Waals surface area contributed by atoms with E-state index in [1.165, 1.54) is 17.7 Å². The summed E-state index contributed by atoms with van der Waals surface area (Å²) in [7, 11) is 0. The Kier molecular flexibility index (Phi) is 5.69. The number of nitrogens with one attached hydrogen (secondary N) is 1. The summed E-state index contributed by atoms with van der Waals surface area (Å²) in [5, 5.41) is 5.51. The highest BCUT2D eigenvalue weighted by molar-refractivity contribution is 7.09. The van der Waals surface area contributed by atoms with Crippen LogP contribution < -0.4 is 5.32 Å². The van der Waals surface area contributed by atoms with Crippen LogP contribution in [0, 0.1) is 11.3 Å². The normalized spacial score (nSPS) is 22.6. The Balaban J connectivity index is 0.00000161. The molecule has 1 aliphatic heterocycles. The second kappa shape index (κ2) is 7.12. The van der Waals surface area contributed by atoms with Crippen LogP contribution >= 0.6 is 23.7 Å². The molecule has 1 atom stereocenters. The number of hydrogen-bond donors (Lipinski definition) is 1. The standard InChI is InChI=1S/C16H24N2OS.ClH/c1-2-18(10-5-13-4-3-11-20-13)15(19)14-12-16(14)6-8-17-9-7-16;/h3-4,11,14,17H,2,5-10,12H2,1H3;1H. The van der Waals surface area contributed by atoms with Gasteiger partial charge in [-0.2, -0.15) is 0 Å². The van der Waals surface area contributed by atoms with Gasteiger partial charge in [0.1, 0.15) is 0 Å². The molecule has 0 aromatic carbocycles. The second-order valence-electron chi connectivity index (χ2n) is 6.12. The molecule has 1 saturated carbocycles. The van der Waals surface area contributed by atoms with E-state index < -0.39 is 0 Å². The summed E-state index contributed by atoms with van der Waals surface area (Å²) in [6.07, 6.45) is 4.50. The zero-order valence-electron chi connectivity index (χ0n) is 12.6. The van der Waals surface area contributed by atoms with Crippen molar-refractivity contribution in [1.29, 1.82) is 0 Å². The molecule has 1 saturated heterocycles. The Bertz CT molecular complexity index is 457. The fourth-order valence-electron chi connectivity index (χ4n) is 3.52. The number of carbonyl (C=O) groups excluding carboxylic acids is 1. The van der Waals surface area contributed by atoms with E-state index in [2.05, 4.69) is 34.7 Å². The summed E-state index contributed by atoms with van der Waals surface area (Å²) in [5.41, 5.74) is 0.360. The van der Waals surface area contributed by atoms with Crippen LogP contribution in [0.5, 0.6) is 0 Å². The van der Waals surface area contributed by atoms with E-state index in [1.807, 2.05) is 0 Å². The number of nitrogens with zero attached hydrogens (tertiary/aromatic N) is 1. The molecule has 0 bridgehead atoms. The van der Waals surface area contributed by atoms with E-state index in [9.17, 15) is 4.79 Å². The molecule has 1 aromatic rings.